The molecule has 0 atom stereocenters. The van der Waals surface area contributed by atoms with Crippen LogP contribution in [0, 0.1) is 34.0 Å². The summed E-state index contributed by atoms with van der Waals surface area (Å²) in [6.45, 7) is 0. The Labute approximate surface area is 425 Å². The van der Waals surface area contributed by atoms with Crippen molar-refractivity contribution in [2.45, 2.75) is 0 Å². The molecule has 74 heavy (non-hydrogen) atoms. The van der Waals surface area contributed by atoms with Crippen molar-refractivity contribution in [1.29, 1.82) is 15.8 Å². The van der Waals surface area contributed by atoms with E-state index in [2.05, 4.69) is 124 Å². The highest BCUT2D eigenvalue weighted by molar-refractivity contribution is 6.13. The number of para-hydroxylation sites is 2. The van der Waals surface area contributed by atoms with Gasteiger partial charge in [-0.05, 0) is 89.0 Å². The molecule has 0 bridgehead atoms. The van der Waals surface area contributed by atoms with E-state index in [0.29, 0.717) is 34.2 Å². The minimum Gasteiger partial charge on any atom is -0.309 e. The largest absolute Gasteiger partial charge is 0.309 e. The lowest BCUT2D eigenvalue weighted by atomic mass is 9.97. The van der Waals surface area contributed by atoms with E-state index in [9.17, 15) is 15.8 Å². The van der Waals surface area contributed by atoms with Crippen molar-refractivity contribution in [3.05, 3.63) is 247 Å². The van der Waals surface area contributed by atoms with Crippen LogP contribution in [-0.2, 0) is 0 Å². The van der Waals surface area contributed by atoms with Gasteiger partial charge in [-0.15, -0.1) is 0 Å². The molecule has 0 aliphatic rings. The van der Waals surface area contributed by atoms with Gasteiger partial charge in [0.1, 0.15) is 0 Å². The van der Waals surface area contributed by atoms with Crippen molar-refractivity contribution in [3.63, 3.8) is 0 Å². The van der Waals surface area contributed by atoms with E-state index >= 15 is 0 Å². The summed E-state index contributed by atoms with van der Waals surface area (Å²) in [6.07, 6.45) is 0. The number of rotatable bonds is 8. The first-order valence-electron chi connectivity index (χ1n) is 24.2. The third-order valence-electron chi connectivity index (χ3n) is 13.9. The summed E-state index contributed by atoms with van der Waals surface area (Å²) >= 11 is 0. The molecular weight excluding hydrogens is 905 g/mol. The normalized spacial score (nSPS) is 11.2. The van der Waals surface area contributed by atoms with Crippen LogP contribution in [0.2, 0.25) is 0 Å². The Morgan fingerprint density at radius 2 is 0.689 bits per heavy atom. The Kier molecular flexibility index (Phi) is 10.5. The highest BCUT2D eigenvalue weighted by Gasteiger charge is 2.24. The zero-order chi connectivity index (χ0) is 49.7. The summed E-state index contributed by atoms with van der Waals surface area (Å²) in [7, 11) is 0. The molecule has 13 aromatic rings. The molecule has 0 saturated heterocycles. The number of hydrogen-bond donors (Lipinski definition) is 0. The molecule has 0 N–H and O–H groups in total. The fourth-order valence-corrected chi connectivity index (χ4v) is 10.5. The molecule has 0 radical (unpaired) electrons. The number of nitriles is 3. The van der Waals surface area contributed by atoms with Gasteiger partial charge in [-0.25, -0.2) is 15.0 Å². The smallest absolute Gasteiger partial charge is 0.164 e. The predicted octanol–water partition coefficient (Wildman–Crippen LogP) is 15.7. The first kappa shape index (κ1) is 43.3. The van der Waals surface area contributed by atoms with Crippen molar-refractivity contribution < 1.29 is 0 Å². The van der Waals surface area contributed by atoms with Gasteiger partial charge in [0.05, 0.1) is 68.3 Å². The van der Waals surface area contributed by atoms with Crippen molar-refractivity contribution in [3.8, 4) is 97.1 Å². The van der Waals surface area contributed by atoms with Gasteiger partial charge in [-0.3, -0.25) is 0 Å². The monoisotopic (exact) mass is 942 g/mol. The molecule has 0 spiro atoms. The lowest BCUT2D eigenvalue weighted by molar-refractivity contribution is 1.07. The van der Waals surface area contributed by atoms with E-state index in [0.717, 1.165) is 105 Å². The zero-order valence-electron chi connectivity index (χ0n) is 39.5. The summed E-state index contributed by atoms with van der Waals surface area (Å²) < 4.78 is 4.57. The first-order chi connectivity index (χ1) is 36.6. The molecule has 13 rings (SSSR count). The molecular formula is C66H38N8. The van der Waals surface area contributed by atoms with Crippen molar-refractivity contribution >= 4 is 43.6 Å². The van der Waals surface area contributed by atoms with Crippen LogP contribution < -0.4 is 0 Å². The summed E-state index contributed by atoms with van der Waals surface area (Å²) in [5.74, 6) is 1.63. The van der Waals surface area contributed by atoms with Crippen LogP contribution in [0.3, 0.4) is 0 Å². The van der Waals surface area contributed by atoms with Crippen LogP contribution in [0.5, 0.6) is 0 Å². The van der Waals surface area contributed by atoms with Crippen molar-refractivity contribution in [2.24, 2.45) is 0 Å². The van der Waals surface area contributed by atoms with Crippen molar-refractivity contribution in [1.82, 2.24) is 24.1 Å². The second kappa shape index (κ2) is 17.9. The molecule has 3 heterocycles. The predicted molar refractivity (Wildman–Crippen MR) is 295 cm³/mol. The SMILES string of the molecule is N#Cc1ccc(-c2ccc(-c3nc(-c4ccccc4)nc(-c4ccccc4)n3)cc2-n2c3ccccc3c3cc(-c4ccccc4C#N)ccc32)c(-n2c3ccccc3c3cc(-c4ccccc4C#N)ccc32)c1. The van der Waals surface area contributed by atoms with E-state index in [1.807, 2.05) is 133 Å². The summed E-state index contributed by atoms with van der Waals surface area (Å²) in [5, 5.41) is 35.0. The van der Waals surface area contributed by atoms with E-state index in [-0.39, 0.29) is 0 Å². The second-order valence-corrected chi connectivity index (χ2v) is 18.1. The third kappa shape index (κ3) is 7.25. The third-order valence-corrected chi connectivity index (χ3v) is 13.9. The number of fused-ring (bicyclic) bond motifs is 6. The molecule has 0 fully saturated rings. The van der Waals surface area contributed by atoms with Gasteiger partial charge in [0.2, 0.25) is 0 Å². The maximum Gasteiger partial charge on any atom is 0.164 e. The highest BCUT2D eigenvalue weighted by Crippen LogP contribution is 2.44. The quantitative estimate of drug-likeness (QED) is 0.150. The molecule has 8 nitrogen and oxygen atoms in total. The zero-order valence-corrected chi connectivity index (χ0v) is 39.5. The molecule has 0 amide bonds. The van der Waals surface area contributed by atoms with Crippen LogP contribution in [0.15, 0.2) is 231 Å². The molecule has 3 aromatic heterocycles. The van der Waals surface area contributed by atoms with Gasteiger partial charge in [0, 0.05) is 49.4 Å². The Morgan fingerprint density at radius 3 is 1.19 bits per heavy atom. The molecule has 342 valence electrons. The Morgan fingerprint density at radius 1 is 0.284 bits per heavy atom. The van der Waals surface area contributed by atoms with Gasteiger partial charge in [-0.1, -0.05) is 164 Å². The van der Waals surface area contributed by atoms with E-state index in [4.69, 9.17) is 15.0 Å². The van der Waals surface area contributed by atoms with Crippen LogP contribution in [0.25, 0.3) is 123 Å². The van der Waals surface area contributed by atoms with Crippen LogP contribution >= 0.6 is 0 Å². The highest BCUT2D eigenvalue weighted by atomic mass is 15.0. The lowest BCUT2D eigenvalue weighted by Gasteiger charge is -2.20. The van der Waals surface area contributed by atoms with Gasteiger partial charge in [-0.2, -0.15) is 15.8 Å². The standard InChI is InChI=1S/C66H38N8/c67-39-42-27-31-54(62(35-42)73-58-25-13-11-23-52(58)56-36-45(29-33-60(56)73)50-21-9-7-19-48(50)40-68)55-32-28-47(66-71-64(43-15-3-1-4-16-43)70-65(72-66)44-17-5-2-6-18-44)38-63(55)74-59-26-14-12-24-53(59)57-37-46(30-34-61(57)74)51-22-10-8-20-49(51)41-69/h1-38H. The molecule has 8 heteroatoms. The minimum atomic E-state index is 0.512. The topological polar surface area (TPSA) is 120 Å². The van der Waals surface area contributed by atoms with E-state index in [1.54, 1.807) is 0 Å². The Balaban J connectivity index is 1.10. The molecule has 10 aromatic carbocycles. The molecule has 0 saturated carbocycles. The van der Waals surface area contributed by atoms with E-state index in [1.165, 1.54) is 0 Å². The van der Waals surface area contributed by atoms with Gasteiger partial charge >= 0.3 is 0 Å². The molecule has 0 aliphatic heterocycles. The van der Waals surface area contributed by atoms with Crippen LogP contribution in [0.1, 0.15) is 16.7 Å². The fourth-order valence-electron chi connectivity index (χ4n) is 10.5. The van der Waals surface area contributed by atoms with Gasteiger partial charge in [0.25, 0.3) is 0 Å². The summed E-state index contributed by atoms with van der Waals surface area (Å²) in [5.41, 5.74) is 15.2. The molecule has 0 unspecified atom stereocenters. The van der Waals surface area contributed by atoms with Gasteiger partial charge < -0.3 is 9.13 Å². The van der Waals surface area contributed by atoms with E-state index < -0.39 is 0 Å². The summed E-state index contributed by atoms with van der Waals surface area (Å²) in [4.78, 5) is 15.4. The number of benzene rings is 10. The summed E-state index contributed by atoms with van der Waals surface area (Å²) in [6, 6.07) is 84.4. The second-order valence-electron chi connectivity index (χ2n) is 18.1. The average Bonchev–Trinajstić information content (AvgIpc) is 3.99. The van der Waals surface area contributed by atoms with Crippen LogP contribution in [0.4, 0.5) is 0 Å². The Hall–Kier alpha value is -10.7. The maximum atomic E-state index is 10.6. The fraction of sp³-hybridized carbons (Fsp3) is 0. The number of aromatic nitrogens is 5. The first-order valence-corrected chi connectivity index (χ1v) is 24.2. The van der Waals surface area contributed by atoms with Gasteiger partial charge in [0.15, 0.2) is 17.5 Å². The number of hydrogen-bond acceptors (Lipinski definition) is 6. The molecule has 0 aliphatic carbocycles. The number of nitrogens with zero attached hydrogens (tertiary/aromatic N) is 8. The van der Waals surface area contributed by atoms with Crippen molar-refractivity contribution in [2.75, 3.05) is 0 Å². The Bertz CT molecular complexity index is 4470. The maximum absolute atomic E-state index is 10.6. The minimum absolute atomic E-state index is 0.512. The lowest BCUT2D eigenvalue weighted by Crippen LogP contribution is -2.04. The average molecular weight is 943 g/mol. The van der Waals surface area contributed by atoms with Crippen LogP contribution in [-0.4, -0.2) is 24.1 Å².